The zero-order chi connectivity index (χ0) is 38.5. The number of fused-ring (bicyclic) bond motifs is 4. The molecule has 3 heterocycles. The Bertz CT molecular complexity index is 2260. The van der Waals surface area contributed by atoms with Crippen LogP contribution in [0.5, 0.6) is 11.5 Å². The fraction of sp³-hybridized carbons (Fsp3) is 0.250. The fourth-order valence-electron chi connectivity index (χ4n) is 8.75. The summed E-state index contributed by atoms with van der Waals surface area (Å²) < 4.78 is 13.3. The van der Waals surface area contributed by atoms with Gasteiger partial charge in [0.15, 0.2) is 19.7 Å². The van der Waals surface area contributed by atoms with Gasteiger partial charge in [0.1, 0.15) is 5.75 Å². The van der Waals surface area contributed by atoms with Gasteiger partial charge in [-0.15, -0.1) is 0 Å². The Labute approximate surface area is 321 Å². The van der Waals surface area contributed by atoms with E-state index in [9.17, 15) is 19.5 Å². The zero-order valence-corrected chi connectivity index (χ0v) is 32.0. The third-order valence-electron chi connectivity index (χ3n) is 11.1. The summed E-state index contributed by atoms with van der Waals surface area (Å²) in [5, 5.41) is 9.94. The first kappa shape index (κ1) is 36.4. The fourth-order valence-corrected chi connectivity index (χ4v) is 11.3. The highest BCUT2D eigenvalue weighted by Crippen LogP contribution is 2.61. The van der Waals surface area contributed by atoms with Crippen molar-refractivity contribution < 1.29 is 33.8 Å². The standard InChI is InChI=1S/C44H43N3O7Si/c1-29-41(55(2,3)52)39(27-40(49)45(24-25-48)28-30-14-6-4-7-15-30)54-44(29)34-26-32(22-23-35(34)47(43(44)51)31-16-8-5-9-17-31)46-36-19-11-13-21-38(36)53-37-20-12-10-18-33(37)42(46)50/h4-23,26,29,39,41,48,52H,24-25,27-28H2,1-3H3/t29-,39+,41-,44+/m0/s1. The van der Waals surface area contributed by atoms with Gasteiger partial charge in [-0.2, -0.15) is 0 Å². The molecule has 0 bridgehead atoms. The molecule has 5 aromatic carbocycles. The minimum atomic E-state index is -3.14. The van der Waals surface area contributed by atoms with Crippen LogP contribution in [0.15, 0.2) is 127 Å². The quantitative estimate of drug-likeness (QED) is 0.148. The number of rotatable bonds is 9. The number of hydrogen-bond donors (Lipinski definition) is 2. The molecule has 10 nitrogen and oxygen atoms in total. The van der Waals surface area contributed by atoms with Crippen molar-refractivity contribution in [2.45, 2.75) is 50.2 Å². The third-order valence-corrected chi connectivity index (χ3v) is 13.6. The van der Waals surface area contributed by atoms with Crippen LogP contribution in [0, 0.1) is 5.92 Å². The number of nitrogens with zero attached hydrogens (tertiary/aromatic N) is 3. The highest BCUT2D eigenvalue weighted by atomic mass is 28.4. The number of hydrogen-bond acceptors (Lipinski definition) is 7. The van der Waals surface area contributed by atoms with E-state index in [1.807, 2.05) is 129 Å². The predicted octanol–water partition coefficient (Wildman–Crippen LogP) is 7.66. The van der Waals surface area contributed by atoms with Crippen LogP contribution >= 0.6 is 0 Å². The van der Waals surface area contributed by atoms with Crippen LogP contribution in [0.2, 0.25) is 18.6 Å². The Balaban J connectivity index is 1.26. The van der Waals surface area contributed by atoms with Gasteiger partial charge >= 0.3 is 0 Å². The molecule has 4 atom stereocenters. The highest BCUT2D eigenvalue weighted by Gasteiger charge is 2.67. The molecule has 0 unspecified atom stereocenters. The van der Waals surface area contributed by atoms with E-state index >= 15 is 4.79 Å². The van der Waals surface area contributed by atoms with E-state index in [4.69, 9.17) is 9.47 Å². The van der Waals surface area contributed by atoms with Crippen molar-refractivity contribution >= 4 is 48.8 Å². The van der Waals surface area contributed by atoms with Crippen LogP contribution in [0.25, 0.3) is 0 Å². The summed E-state index contributed by atoms with van der Waals surface area (Å²) in [7, 11) is -3.14. The molecule has 0 aliphatic carbocycles. The lowest BCUT2D eigenvalue weighted by Gasteiger charge is -2.33. The first-order valence-corrected chi connectivity index (χ1v) is 21.6. The van der Waals surface area contributed by atoms with Gasteiger partial charge in [-0.1, -0.05) is 79.7 Å². The SMILES string of the molecule is C[C@H]1[C@H]([Si](C)(C)O)[C@@H](CC(=O)N(CCO)Cc2ccccc2)O[C@]12C(=O)N(c1ccccc1)c1ccc(N3C(=O)c4ccccc4Oc4ccccc43)cc12. The van der Waals surface area contributed by atoms with Gasteiger partial charge in [0.2, 0.25) is 5.91 Å². The third kappa shape index (κ3) is 6.23. The molecule has 0 radical (unpaired) electrons. The molecular formula is C44H43N3O7Si. The Hall–Kier alpha value is -5.59. The first-order chi connectivity index (χ1) is 26.5. The van der Waals surface area contributed by atoms with Crippen LogP contribution in [0.3, 0.4) is 0 Å². The average molecular weight is 754 g/mol. The van der Waals surface area contributed by atoms with Crippen molar-refractivity contribution in [3.05, 3.63) is 144 Å². The number of aliphatic hydroxyl groups excluding tert-OH is 1. The molecule has 55 heavy (non-hydrogen) atoms. The summed E-state index contributed by atoms with van der Waals surface area (Å²) in [5.74, 6) is -0.510. The second-order valence-corrected chi connectivity index (χ2v) is 18.9. The molecule has 8 rings (SSSR count). The molecule has 11 heteroatoms. The lowest BCUT2D eigenvalue weighted by molar-refractivity contribution is -0.149. The number of para-hydroxylation sites is 4. The Morgan fingerprint density at radius 3 is 2.16 bits per heavy atom. The molecule has 3 aliphatic heterocycles. The number of aliphatic hydroxyl groups is 1. The maximum atomic E-state index is 15.3. The molecule has 0 saturated carbocycles. The van der Waals surface area contributed by atoms with Crippen molar-refractivity contribution in [2.75, 3.05) is 23.0 Å². The Kier molecular flexibility index (Phi) is 9.42. The van der Waals surface area contributed by atoms with Gasteiger partial charge in [0, 0.05) is 41.5 Å². The lowest BCUT2D eigenvalue weighted by Crippen LogP contribution is -2.45. The molecule has 5 aromatic rings. The maximum Gasteiger partial charge on any atom is 0.268 e. The van der Waals surface area contributed by atoms with Crippen molar-refractivity contribution in [1.29, 1.82) is 0 Å². The van der Waals surface area contributed by atoms with Crippen LogP contribution < -0.4 is 14.5 Å². The van der Waals surface area contributed by atoms with Gasteiger partial charge in [-0.05, 0) is 73.3 Å². The van der Waals surface area contributed by atoms with E-state index in [1.165, 1.54) is 0 Å². The summed E-state index contributed by atoms with van der Waals surface area (Å²) in [6.07, 6.45) is -0.913. The van der Waals surface area contributed by atoms with E-state index in [1.54, 1.807) is 32.9 Å². The highest BCUT2D eigenvalue weighted by molar-refractivity contribution is 6.71. The Morgan fingerprint density at radius 2 is 1.45 bits per heavy atom. The van der Waals surface area contributed by atoms with Crippen LogP contribution in [-0.2, 0) is 26.5 Å². The summed E-state index contributed by atoms with van der Waals surface area (Å²) in [4.78, 5) is 60.7. The van der Waals surface area contributed by atoms with E-state index in [-0.39, 0.29) is 37.3 Å². The number of carbonyl (C=O) groups excluding carboxylic acids is 3. The number of amides is 3. The number of carbonyl (C=O) groups is 3. The molecule has 0 aromatic heterocycles. The summed E-state index contributed by atoms with van der Waals surface area (Å²) in [5.41, 5.74) is 1.99. The maximum absolute atomic E-state index is 15.3. The summed E-state index contributed by atoms with van der Waals surface area (Å²) in [6, 6.07) is 38.8. The Morgan fingerprint density at radius 1 is 0.800 bits per heavy atom. The average Bonchev–Trinajstić information content (AvgIpc) is 3.56. The first-order valence-electron chi connectivity index (χ1n) is 18.6. The van der Waals surface area contributed by atoms with Gasteiger partial charge in [0.25, 0.3) is 11.8 Å². The van der Waals surface area contributed by atoms with Crippen LogP contribution in [-0.4, -0.2) is 60.1 Å². The zero-order valence-electron chi connectivity index (χ0n) is 31.0. The summed E-state index contributed by atoms with van der Waals surface area (Å²) >= 11 is 0. The molecule has 3 amide bonds. The van der Waals surface area contributed by atoms with Crippen LogP contribution in [0.1, 0.15) is 34.8 Å². The monoisotopic (exact) mass is 753 g/mol. The topological polar surface area (TPSA) is 120 Å². The second kappa shape index (κ2) is 14.2. The lowest BCUT2D eigenvalue weighted by atomic mass is 9.82. The van der Waals surface area contributed by atoms with Crippen molar-refractivity contribution in [3.63, 3.8) is 0 Å². The van der Waals surface area contributed by atoms with Crippen LogP contribution in [0.4, 0.5) is 22.7 Å². The van der Waals surface area contributed by atoms with E-state index in [2.05, 4.69) is 0 Å². The second-order valence-electron chi connectivity index (χ2n) is 15.0. The summed E-state index contributed by atoms with van der Waals surface area (Å²) in [6.45, 7) is 5.76. The van der Waals surface area contributed by atoms with Gasteiger partial charge in [0.05, 0.1) is 36.1 Å². The van der Waals surface area contributed by atoms with Gasteiger partial charge in [-0.3, -0.25) is 24.2 Å². The molecule has 1 fully saturated rings. The van der Waals surface area contributed by atoms with Gasteiger partial charge in [-0.25, -0.2) is 0 Å². The van der Waals surface area contributed by atoms with E-state index in [0.717, 1.165) is 5.56 Å². The van der Waals surface area contributed by atoms with E-state index in [0.29, 0.717) is 51.9 Å². The molecule has 1 saturated heterocycles. The largest absolute Gasteiger partial charge is 0.454 e. The molecule has 1 spiro atoms. The normalized spacial score (nSPS) is 21.5. The molecule has 3 aliphatic rings. The van der Waals surface area contributed by atoms with Crippen molar-refractivity contribution in [2.24, 2.45) is 5.92 Å². The molecular weight excluding hydrogens is 711 g/mol. The molecule has 2 N–H and O–H groups in total. The van der Waals surface area contributed by atoms with Crippen molar-refractivity contribution in [3.8, 4) is 11.5 Å². The minimum Gasteiger partial charge on any atom is -0.454 e. The molecule has 280 valence electrons. The van der Waals surface area contributed by atoms with Gasteiger partial charge < -0.3 is 24.3 Å². The number of anilines is 4. The van der Waals surface area contributed by atoms with E-state index < -0.39 is 31.5 Å². The predicted molar refractivity (Wildman–Crippen MR) is 212 cm³/mol. The van der Waals surface area contributed by atoms with Crippen molar-refractivity contribution in [1.82, 2.24) is 4.90 Å². The number of ether oxygens (including phenoxy) is 2. The number of benzene rings is 5. The smallest absolute Gasteiger partial charge is 0.268 e. The minimum absolute atomic E-state index is 0.0969.